The summed E-state index contributed by atoms with van der Waals surface area (Å²) in [6.45, 7) is 0.770. The zero-order chi connectivity index (χ0) is 8.81. The van der Waals surface area contributed by atoms with Crippen LogP contribution in [0.15, 0.2) is 6.20 Å². The summed E-state index contributed by atoms with van der Waals surface area (Å²) in [5.74, 6) is 0.913. The predicted octanol–water partition coefficient (Wildman–Crippen LogP) is 0.481. The highest BCUT2D eigenvalue weighted by atomic mass is 16.5. The van der Waals surface area contributed by atoms with Gasteiger partial charge in [0.05, 0.1) is 18.5 Å². The number of ether oxygens (including phenoxy) is 1. The summed E-state index contributed by atoms with van der Waals surface area (Å²) in [6.07, 6.45) is 3.48. The summed E-state index contributed by atoms with van der Waals surface area (Å²) < 4.78 is 4.91. The molecule has 0 atom stereocenters. The summed E-state index contributed by atoms with van der Waals surface area (Å²) in [4.78, 5) is 7.09. The minimum Gasteiger partial charge on any atom is -0.390 e. The molecule has 4 nitrogen and oxygen atoms in total. The number of nitrogens with zero attached hydrogens (tertiary/aromatic N) is 1. The van der Waals surface area contributed by atoms with Gasteiger partial charge < -0.3 is 14.8 Å². The molecule has 0 aromatic carbocycles. The van der Waals surface area contributed by atoms with Crippen molar-refractivity contribution >= 4 is 0 Å². The van der Waals surface area contributed by atoms with Gasteiger partial charge >= 0.3 is 0 Å². The normalized spacial score (nSPS) is 10.5. The highest BCUT2D eigenvalue weighted by Crippen LogP contribution is 1.99. The van der Waals surface area contributed by atoms with E-state index < -0.39 is 0 Å². The van der Waals surface area contributed by atoms with Crippen LogP contribution >= 0.6 is 0 Å². The number of aliphatic hydroxyl groups excluding tert-OH is 1. The number of methoxy groups -OCH3 is 1. The number of hydrogen-bond acceptors (Lipinski definition) is 3. The van der Waals surface area contributed by atoms with Crippen LogP contribution in [-0.4, -0.2) is 28.8 Å². The van der Waals surface area contributed by atoms with Crippen LogP contribution in [0.25, 0.3) is 0 Å². The third-order valence-electron chi connectivity index (χ3n) is 1.61. The van der Waals surface area contributed by atoms with Crippen LogP contribution in [-0.2, 0) is 17.8 Å². The van der Waals surface area contributed by atoms with Gasteiger partial charge in [0.15, 0.2) is 0 Å². The summed E-state index contributed by atoms with van der Waals surface area (Å²) >= 11 is 0. The zero-order valence-electron chi connectivity index (χ0n) is 7.21. The van der Waals surface area contributed by atoms with Crippen LogP contribution in [0, 0.1) is 0 Å². The Balaban J connectivity index is 2.31. The highest BCUT2D eigenvalue weighted by molar-refractivity contribution is 4.99. The van der Waals surface area contributed by atoms with Gasteiger partial charge in [0.2, 0.25) is 0 Å². The van der Waals surface area contributed by atoms with E-state index in [4.69, 9.17) is 9.84 Å². The molecule has 0 radical (unpaired) electrons. The van der Waals surface area contributed by atoms with E-state index >= 15 is 0 Å². The lowest BCUT2D eigenvalue weighted by Crippen LogP contribution is -1.94. The minimum atomic E-state index is 0.0251. The van der Waals surface area contributed by atoms with Gasteiger partial charge in [0.1, 0.15) is 5.82 Å². The van der Waals surface area contributed by atoms with Crippen molar-refractivity contribution in [3.63, 3.8) is 0 Å². The molecule has 1 heterocycles. The summed E-state index contributed by atoms with van der Waals surface area (Å²) in [6, 6.07) is 0. The molecule has 0 aliphatic heterocycles. The van der Waals surface area contributed by atoms with E-state index in [-0.39, 0.29) is 6.61 Å². The Morgan fingerprint density at radius 1 is 1.67 bits per heavy atom. The van der Waals surface area contributed by atoms with Crippen LogP contribution in [0.3, 0.4) is 0 Å². The van der Waals surface area contributed by atoms with Gasteiger partial charge in [-0.3, -0.25) is 0 Å². The number of aryl methyl sites for hydroxylation is 1. The fraction of sp³-hybridized carbons (Fsp3) is 0.625. The molecule has 2 N–H and O–H groups in total. The Kier molecular flexibility index (Phi) is 3.76. The van der Waals surface area contributed by atoms with Gasteiger partial charge in [0.25, 0.3) is 0 Å². The number of nitrogens with one attached hydrogen (secondary N) is 1. The topological polar surface area (TPSA) is 58.1 Å². The van der Waals surface area contributed by atoms with Crippen molar-refractivity contribution in [3.05, 3.63) is 17.7 Å². The molecule has 12 heavy (non-hydrogen) atoms. The predicted molar refractivity (Wildman–Crippen MR) is 44.7 cm³/mol. The second-order valence-corrected chi connectivity index (χ2v) is 2.61. The van der Waals surface area contributed by atoms with Crippen LogP contribution in [0.1, 0.15) is 17.9 Å². The van der Waals surface area contributed by atoms with E-state index in [0.29, 0.717) is 0 Å². The average molecular weight is 170 g/mol. The zero-order valence-corrected chi connectivity index (χ0v) is 7.21. The van der Waals surface area contributed by atoms with Gasteiger partial charge in [-0.25, -0.2) is 4.98 Å². The second-order valence-electron chi connectivity index (χ2n) is 2.61. The Morgan fingerprint density at radius 3 is 3.08 bits per heavy atom. The molecule has 0 amide bonds. The average Bonchev–Trinajstić information content (AvgIpc) is 2.53. The molecule has 0 saturated heterocycles. The molecule has 1 aromatic heterocycles. The Labute approximate surface area is 71.6 Å². The van der Waals surface area contributed by atoms with E-state index in [1.165, 1.54) is 0 Å². The molecule has 4 heteroatoms. The maximum Gasteiger partial charge on any atom is 0.106 e. The number of imidazole rings is 1. The number of rotatable bonds is 5. The van der Waals surface area contributed by atoms with Crippen LogP contribution in [0.5, 0.6) is 0 Å². The maximum atomic E-state index is 8.73. The second kappa shape index (κ2) is 4.90. The number of aromatic amines is 1. The molecule has 68 valence electrons. The van der Waals surface area contributed by atoms with Crippen molar-refractivity contribution in [1.29, 1.82) is 0 Å². The van der Waals surface area contributed by atoms with E-state index in [9.17, 15) is 0 Å². The molecule has 0 aliphatic carbocycles. The molecule has 0 aliphatic rings. The SMILES string of the molecule is COCCCc1ncc(CO)[nH]1. The molecule has 0 spiro atoms. The molecule has 0 unspecified atom stereocenters. The standard InChI is InChI=1S/C8H14N2O2/c1-12-4-2-3-8-9-5-7(6-11)10-8/h5,11H,2-4,6H2,1H3,(H,9,10). The number of aliphatic hydroxyl groups is 1. The van der Waals surface area contributed by atoms with Crippen LogP contribution in [0.4, 0.5) is 0 Å². The highest BCUT2D eigenvalue weighted by Gasteiger charge is 1.98. The summed E-state index contributed by atoms with van der Waals surface area (Å²) in [7, 11) is 1.68. The first-order valence-electron chi connectivity index (χ1n) is 3.99. The Hall–Kier alpha value is -0.870. The lowest BCUT2D eigenvalue weighted by atomic mass is 10.3. The Morgan fingerprint density at radius 2 is 2.50 bits per heavy atom. The number of H-pyrrole nitrogens is 1. The van der Waals surface area contributed by atoms with E-state index in [1.54, 1.807) is 13.3 Å². The first-order valence-corrected chi connectivity index (χ1v) is 3.99. The first kappa shape index (κ1) is 9.22. The third kappa shape index (κ3) is 2.64. The molecular formula is C8H14N2O2. The first-order chi connectivity index (χ1) is 5.86. The molecule has 0 fully saturated rings. The lowest BCUT2D eigenvalue weighted by molar-refractivity contribution is 0.194. The molecule has 1 rings (SSSR count). The monoisotopic (exact) mass is 170 g/mol. The lowest BCUT2D eigenvalue weighted by Gasteiger charge is -1.95. The molecular weight excluding hydrogens is 156 g/mol. The van der Waals surface area contributed by atoms with Crippen molar-refractivity contribution in [2.24, 2.45) is 0 Å². The smallest absolute Gasteiger partial charge is 0.106 e. The van der Waals surface area contributed by atoms with E-state index in [1.807, 2.05) is 0 Å². The Bertz CT molecular complexity index is 223. The minimum absolute atomic E-state index is 0.0251. The number of aromatic nitrogens is 2. The van der Waals surface area contributed by atoms with Gasteiger partial charge in [-0.2, -0.15) is 0 Å². The van der Waals surface area contributed by atoms with Crippen molar-refractivity contribution in [2.75, 3.05) is 13.7 Å². The fourth-order valence-corrected chi connectivity index (χ4v) is 0.997. The molecule has 0 bridgehead atoms. The van der Waals surface area contributed by atoms with Gasteiger partial charge in [-0.1, -0.05) is 0 Å². The third-order valence-corrected chi connectivity index (χ3v) is 1.61. The fourth-order valence-electron chi connectivity index (χ4n) is 0.997. The summed E-state index contributed by atoms with van der Waals surface area (Å²) in [5, 5.41) is 8.73. The number of hydrogen-bond donors (Lipinski definition) is 2. The van der Waals surface area contributed by atoms with Crippen LogP contribution < -0.4 is 0 Å². The van der Waals surface area contributed by atoms with Crippen LogP contribution in [0.2, 0.25) is 0 Å². The van der Waals surface area contributed by atoms with Gasteiger partial charge in [0, 0.05) is 20.1 Å². The largest absolute Gasteiger partial charge is 0.390 e. The van der Waals surface area contributed by atoms with Gasteiger partial charge in [-0.15, -0.1) is 0 Å². The van der Waals surface area contributed by atoms with Gasteiger partial charge in [-0.05, 0) is 6.42 Å². The molecule has 0 saturated carbocycles. The maximum absolute atomic E-state index is 8.73. The van der Waals surface area contributed by atoms with Crippen molar-refractivity contribution in [1.82, 2.24) is 9.97 Å². The van der Waals surface area contributed by atoms with Crippen molar-refractivity contribution < 1.29 is 9.84 Å². The van der Waals surface area contributed by atoms with Crippen molar-refractivity contribution in [2.45, 2.75) is 19.4 Å². The molecule has 1 aromatic rings. The quantitative estimate of drug-likeness (QED) is 0.632. The van der Waals surface area contributed by atoms with Crippen molar-refractivity contribution in [3.8, 4) is 0 Å². The summed E-state index contributed by atoms with van der Waals surface area (Å²) in [5.41, 5.74) is 0.766. The van der Waals surface area contributed by atoms with E-state index in [0.717, 1.165) is 31.0 Å². The van der Waals surface area contributed by atoms with E-state index in [2.05, 4.69) is 9.97 Å².